The molecule has 0 aliphatic heterocycles. The second-order valence-electron chi connectivity index (χ2n) is 23.1. The Morgan fingerprint density at radius 2 is 0.730 bits per heavy atom. The van der Waals surface area contributed by atoms with Gasteiger partial charge in [0.1, 0.15) is 17.0 Å². The monoisotopic (exact) mass is 1170 g/mol. The Kier molecular flexibility index (Phi) is 12.5. The van der Waals surface area contributed by atoms with E-state index in [9.17, 15) is 0 Å². The summed E-state index contributed by atoms with van der Waals surface area (Å²) in [5, 5.41) is 17.4. The molecule has 0 bridgehead atoms. The number of hydrogen-bond donors (Lipinski definition) is 0. The summed E-state index contributed by atoms with van der Waals surface area (Å²) in [5.74, 6) is 1.44. The first-order valence-electron chi connectivity index (χ1n) is 30.5. The number of para-hydroxylation sites is 3. The fourth-order valence-corrected chi connectivity index (χ4v) is 24.1. The normalized spacial score (nSPS) is 12.0. The van der Waals surface area contributed by atoms with Crippen LogP contribution in [0.2, 0.25) is 0 Å². The predicted molar refractivity (Wildman–Crippen MR) is 376 cm³/mol. The van der Waals surface area contributed by atoms with E-state index in [0.29, 0.717) is 5.82 Å². The molecule has 0 saturated heterocycles. The Labute approximate surface area is 517 Å². The third-order valence-electron chi connectivity index (χ3n) is 18.4. The summed E-state index contributed by atoms with van der Waals surface area (Å²) in [4.78, 5) is 11.1. The predicted octanol–water partition coefficient (Wildman–Crippen LogP) is 14.7. The van der Waals surface area contributed by atoms with Gasteiger partial charge in [-0.3, -0.25) is 4.57 Å². The van der Waals surface area contributed by atoms with Crippen LogP contribution in [0, 0.1) is 0 Å². The molecule has 89 heavy (non-hydrogen) atoms. The maximum absolute atomic E-state index is 6.44. The SMILES string of the molecule is c1ccc(-c2nc(-c3ccc([Si](c4ccccc4)(c4ccccc4)c4ccc5oc6ccccc6c5c4)cc3)cc(-n3c4ccccc4c4ccc5c(c6ccccc6n5-c5cccc([Si](c6ccccc6)(c6ccccc6)c6ccccc6)c5)c43)n2)cc1. The molecule has 17 rings (SSSR count). The Bertz CT molecular complexity index is 5340. The summed E-state index contributed by atoms with van der Waals surface area (Å²) >= 11 is 0. The largest absolute Gasteiger partial charge is 0.456 e. The van der Waals surface area contributed by atoms with Crippen LogP contribution in [0.15, 0.2) is 344 Å². The molecule has 0 aliphatic carbocycles. The van der Waals surface area contributed by atoms with Crippen LogP contribution in [0.1, 0.15) is 0 Å². The van der Waals surface area contributed by atoms with Gasteiger partial charge in [0.05, 0.1) is 27.8 Å². The fraction of sp³-hybridized carbons (Fsp3) is 0. The van der Waals surface area contributed by atoms with Gasteiger partial charge in [-0.2, -0.15) is 0 Å². The highest BCUT2D eigenvalue weighted by Gasteiger charge is 2.43. The third-order valence-corrected chi connectivity index (χ3v) is 28.0. The molecule has 4 aromatic heterocycles. The molecule has 7 heteroatoms. The van der Waals surface area contributed by atoms with Crippen molar-refractivity contribution < 1.29 is 4.42 Å². The lowest BCUT2D eigenvalue weighted by molar-refractivity contribution is 0.669. The number of furan rings is 1. The number of aromatic nitrogens is 4. The van der Waals surface area contributed by atoms with Gasteiger partial charge in [-0.1, -0.05) is 291 Å². The molecule has 4 heterocycles. The Morgan fingerprint density at radius 3 is 1.33 bits per heavy atom. The van der Waals surface area contributed by atoms with Gasteiger partial charge in [-0.25, -0.2) is 9.97 Å². The van der Waals surface area contributed by atoms with Gasteiger partial charge in [0.2, 0.25) is 0 Å². The Balaban J connectivity index is 0.880. The molecule has 418 valence electrons. The highest BCUT2D eigenvalue weighted by atomic mass is 28.3. The molecule has 0 fully saturated rings. The zero-order chi connectivity index (χ0) is 58.9. The first-order valence-corrected chi connectivity index (χ1v) is 34.5. The first-order chi connectivity index (χ1) is 44.1. The van der Waals surface area contributed by atoms with Crippen molar-refractivity contribution >= 4 is 123 Å². The van der Waals surface area contributed by atoms with Gasteiger partial charge < -0.3 is 8.98 Å². The van der Waals surface area contributed by atoms with E-state index in [4.69, 9.17) is 14.4 Å². The van der Waals surface area contributed by atoms with Gasteiger partial charge in [-0.15, -0.1) is 0 Å². The zero-order valence-corrected chi connectivity index (χ0v) is 50.5. The van der Waals surface area contributed by atoms with Crippen LogP contribution < -0.4 is 41.5 Å². The van der Waals surface area contributed by atoms with Crippen LogP contribution in [0.4, 0.5) is 0 Å². The van der Waals surface area contributed by atoms with Gasteiger partial charge in [0.15, 0.2) is 22.0 Å². The number of nitrogens with zero attached hydrogens (tertiary/aromatic N) is 4. The van der Waals surface area contributed by atoms with E-state index in [-0.39, 0.29) is 0 Å². The number of hydrogen-bond acceptors (Lipinski definition) is 3. The molecule has 0 aliphatic rings. The zero-order valence-electron chi connectivity index (χ0n) is 48.5. The molecule has 0 saturated carbocycles. The van der Waals surface area contributed by atoms with E-state index in [0.717, 1.165) is 93.9 Å². The number of rotatable bonds is 12. The molecule has 5 nitrogen and oxygen atoms in total. The van der Waals surface area contributed by atoms with Gasteiger partial charge >= 0.3 is 0 Å². The number of benzene rings is 13. The highest BCUT2D eigenvalue weighted by molar-refractivity contribution is 7.20. The smallest absolute Gasteiger partial charge is 0.179 e. The molecule has 13 aromatic carbocycles. The second-order valence-corrected chi connectivity index (χ2v) is 30.7. The quantitative estimate of drug-likeness (QED) is 0.0905. The first kappa shape index (κ1) is 52.1. The molecule has 0 amide bonds. The van der Waals surface area contributed by atoms with E-state index >= 15 is 0 Å². The van der Waals surface area contributed by atoms with E-state index < -0.39 is 16.1 Å². The summed E-state index contributed by atoms with van der Waals surface area (Å²) < 4.78 is 11.3. The summed E-state index contributed by atoms with van der Waals surface area (Å²) in [7, 11) is -5.86. The summed E-state index contributed by atoms with van der Waals surface area (Å²) in [5.41, 5.74) is 10.1. The van der Waals surface area contributed by atoms with Crippen LogP contribution >= 0.6 is 0 Å². The maximum atomic E-state index is 6.44. The second kappa shape index (κ2) is 21.3. The van der Waals surface area contributed by atoms with Gasteiger partial charge in [0, 0.05) is 55.2 Å². The highest BCUT2D eigenvalue weighted by Crippen LogP contribution is 2.42. The lowest BCUT2D eigenvalue weighted by atomic mass is 10.1. The molecule has 0 radical (unpaired) electrons. The average Bonchev–Trinajstić information content (AvgIpc) is 1.64. The van der Waals surface area contributed by atoms with Gasteiger partial charge in [-0.05, 0) is 84.0 Å². The van der Waals surface area contributed by atoms with Crippen LogP contribution in [-0.4, -0.2) is 35.2 Å². The van der Waals surface area contributed by atoms with E-state index in [2.05, 4.69) is 343 Å². The molecule has 0 N–H and O–H groups in total. The lowest BCUT2D eigenvalue weighted by Gasteiger charge is -2.34. The molecular formula is C82H56N4OSi2. The summed E-state index contributed by atoms with van der Waals surface area (Å²) in [6.45, 7) is 0. The minimum absolute atomic E-state index is 0.653. The number of fused-ring (bicyclic) bond motifs is 10. The Hall–Kier alpha value is -11.2. The topological polar surface area (TPSA) is 48.8 Å². The van der Waals surface area contributed by atoms with Crippen molar-refractivity contribution in [1.29, 1.82) is 0 Å². The van der Waals surface area contributed by atoms with Gasteiger partial charge in [0.25, 0.3) is 0 Å². The van der Waals surface area contributed by atoms with Crippen molar-refractivity contribution in [3.8, 4) is 34.2 Å². The van der Waals surface area contributed by atoms with Crippen molar-refractivity contribution in [2.75, 3.05) is 0 Å². The average molecular weight is 1170 g/mol. The van der Waals surface area contributed by atoms with Crippen molar-refractivity contribution in [3.63, 3.8) is 0 Å². The standard InChI is InChI=1S/C82H56N4OSi2/c1-7-26-58(27-8-1)82-83-73(57-46-48-65(49-47-57)89(63-35-15-5-16-36-63,64-37-17-6-18-38-64)67-50-53-78-72(55-67)69-41-21-24-45-77(69)87-78)56-79(84-82)86-74-43-22-19-40-68(74)70-51-52-76-80(81(70)86)71-42-20-23-44-75(71)85(76)59-28-25-39-66(54-59)88(60-29-9-2-10-30-60,61-31-11-3-12-32-61)62-33-13-4-14-34-62/h1-56H. The minimum Gasteiger partial charge on any atom is -0.456 e. The fourth-order valence-electron chi connectivity index (χ4n) is 14.6. The molecule has 17 aromatic rings. The Morgan fingerprint density at radius 1 is 0.270 bits per heavy atom. The van der Waals surface area contributed by atoms with Crippen LogP contribution in [-0.2, 0) is 0 Å². The molecular weight excluding hydrogens is 1110 g/mol. The lowest BCUT2D eigenvalue weighted by Crippen LogP contribution is -2.74. The van der Waals surface area contributed by atoms with Crippen molar-refractivity contribution in [3.05, 3.63) is 340 Å². The van der Waals surface area contributed by atoms with Crippen LogP contribution in [0.5, 0.6) is 0 Å². The van der Waals surface area contributed by atoms with E-state index in [1.54, 1.807) is 0 Å². The van der Waals surface area contributed by atoms with Crippen molar-refractivity contribution in [1.82, 2.24) is 19.1 Å². The molecule has 0 unspecified atom stereocenters. The molecule has 0 spiro atoms. The van der Waals surface area contributed by atoms with E-state index in [1.807, 2.05) is 6.07 Å². The van der Waals surface area contributed by atoms with Crippen molar-refractivity contribution in [2.45, 2.75) is 0 Å². The summed E-state index contributed by atoms with van der Waals surface area (Å²) in [6, 6.07) is 125. The summed E-state index contributed by atoms with van der Waals surface area (Å²) in [6.07, 6.45) is 0. The van der Waals surface area contributed by atoms with E-state index in [1.165, 1.54) is 41.5 Å². The molecule has 0 atom stereocenters. The van der Waals surface area contributed by atoms with Crippen molar-refractivity contribution in [2.24, 2.45) is 0 Å². The maximum Gasteiger partial charge on any atom is 0.179 e. The minimum atomic E-state index is -2.99. The van der Waals surface area contributed by atoms with Crippen LogP contribution in [0.3, 0.4) is 0 Å². The van der Waals surface area contributed by atoms with Crippen LogP contribution in [0.25, 0.3) is 99.7 Å². The third kappa shape index (κ3) is 8.27.